The Morgan fingerprint density at radius 1 is 0.574 bits per heavy atom. The summed E-state index contributed by atoms with van der Waals surface area (Å²) in [6.45, 7) is 3.57. The Morgan fingerprint density at radius 2 is 1.02 bits per heavy atom. The lowest BCUT2D eigenvalue weighted by Crippen LogP contribution is -2.29. The smallest absolute Gasteiger partial charge is 0.462 e. The maximum absolute atomic E-state index is 12.6. The molecule has 0 aliphatic rings. The van der Waals surface area contributed by atoms with Gasteiger partial charge in [0.2, 0.25) is 0 Å². The van der Waals surface area contributed by atoms with E-state index in [-0.39, 0.29) is 32.6 Å². The van der Waals surface area contributed by atoms with Crippen molar-refractivity contribution in [3.05, 3.63) is 60.8 Å². The molecular formula is C44H78NO8P. The standard InChI is InChI=1S/C44H78NO8P/c1-3-5-7-9-11-13-15-17-19-20-21-22-23-25-27-29-31-33-35-37-44(47)53-42(41-52-54(48,49)51-39-38-45)40-50-43(46)36-34-32-30-28-26-24-18-16-14-12-10-8-6-4-2/h5,7,11,13,16-19,21-22,42H,3-4,6,8-10,12,14-15,20,23-41,45H2,1-2H3,(H,48,49)/b7-5-,13-11-,18-16-,19-17-,22-21-. The van der Waals surface area contributed by atoms with Crippen LogP contribution in [0.25, 0.3) is 0 Å². The van der Waals surface area contributed by atoms with Gasteiger partial charge in [-0.15, -0.1) is 0 Å². The summed E-state index contributed by atoms with van der Waals surface area (Å²) in [4.78, 5) is 34.8. The summed E-state index contributed by atoms with van der Waals surface area (Å²) in [6, 6.07) is 0. The van der Waals surface area contributed by atoms with Gasteiger partial charge in [0.05, 0.1) is 13.2 Å². The molecule has 2 unspecified atom stereocenters. The van der Waals surface area contributed by atoms with E-state index in [4.69, 9.17) is 24.3 Å². The van der Waals surface area contributed by atoms with Crippen LogP contribution in [0.15, 0.2) is 60.8 Å². The van der Waals surface area contributed by atoms with Gasteiger partial charge in [-0.3, -0.25) is 18.6 Å². The molecule has 0 rings (SSSR count). The second-order valence-electron chi connectivity index (χ2n) is 13.8. The molecule has 3 N–H and O–H groups in total. The van der Waals surface area contributed by atoms with Crippen LogP contribution in [0.1, 0.15) is 174 Å². The Labute approximate surface area is 329 Å². The lowest BCUT2D eigenvalue weighted by Gasteiger charge is -2.19. The Hall–Kier alpha value is -2.29. The van der Waals surface area contributed by atoms with E-state index in [1.165, 1.54) is 38.5 Å². The molecule has 0 aromatic carbocycles. The van der Waals surface area contributed by atoms with Gasteiger partial charge in [0, 0.05) is 19.4 Å². The first kappa shape index (κ1) is 51.7. The molecule has 0 saturated heterocycles. The van der Waals surface area contributed by atoms with Crippen LogP contribution in [0.2, 0.25) is 0 Å². The Bertz CT molecular complexity index is 1070. The van der Waals surface area contributed by atoms with Gasteiger partial charge in [0.25, 0.3) is 0 Å². The van der Waals surface area contributed by atoms with E-state index in [1.807, 2.05) is 0 Å². The first-order chi connectivity index (χ1) is 26.3. The maximum Gasteiger partial charge on any atom is 0.472 e. The Balaban J connectivity index is 4.21. The van der Waals surface area contributed by atoms with E-state index >= 15 is 0 Å². The fourth-order valence-electron chi connectivity index (χ4n) is 5.50. The van der Waals surface area contributed by atoms with E-state index in [0.29, 0.717) is 6.42 Å². The van der Waals surface area contributed by atoms with Gasteiger partial charge in [-0.05, 0) is 77.0 Å². The third kappa shape index (κ3) is 39.4. The summed E-state index contributed by atoms with van der Waals surface area (Å²) in [6.07, 6.45) is 46.7. The van der Waals surface area contributed by atoms with Crippen molar-refractivity contribution in [1.29, 1.82) is 0 Å². The van der Waals surface area contributed by atoms with Crippen molar-refractivity contribution in [3.63, 3.8) is 0 Å². The number of nitrogens with two attached hydrogens (primary N) is 1. The maximum atomic E-state index is 12.6. The highest BCUT2D eigenvalue weighted by Crippen LogP contribution is 2.43. The molecule has 0 aliphatic heterocycles. The topological polar surface area (TPSA) is 134 Å². The van der Waals surface area contributed by atoms with Gasteiger partial charge in [0.15, 0.2) is 6.10 Å². The summed E-state index contributed by atoms with van der Waals surface area (Å²) in [5.41, 5.74) is 5.34. The van der Waals surface area contributed by atoms with Crippen molar-refractivity contribution in [1.82, 2.24) is 0 Å². The molecule has 10 heteroatoms. The molecule has 0 saturated carbocycles. The summed E-state index contributed by atoms with van der Waals surface area (Å²) in [7, 11) is -4.38. The highest BCUT2D eigenvalue weighted by molar-refractivity contribution is 7.47. The molecule has 0 heterocycles. The number of carbonyl (C=O) groups is 2. The van der Waals surface area contributed by atoms with E-state index in [1.54, 1.807) is 0 Å². The van der Waals surface area contributed by atoms with Crippen LogP contribution in [0.3, 0.4) is 0 Å². The van der Waals surface area contributed by atoms with Crippen LogP contribution in [0.4, 0.5) is 0 Å². The van der Waals surface area contributed by atoms with Gasteiger partial charge < -0.3 is 20.1 Å². The average Bonchev–Trinajstić information content (AvgIpc) is 3.16. The van der Waals surface area contributed by atoms with E-state index in [0.717, 1.165) is 103 Å². The number of hydrogen-bond donors (Lipinski definition) is 2. The minimum Gasteiger partial charge on any atom is -0.462 e. The largest absolute Gasteiger partial charge is 0.472 e. The number of carbonyl (C=O) groups excluding carboxylic acids is 2. The monoisotopic (exact) mass is 780 g/mol. The quantitative estimate of drug-likeness (QED) is 0.0270. The third-order valence-corrected chi connectivity index (χ3v) is 9.62. The number of esters is 2. The lowest BCUT2D eigenvalue weighted by molar-refractivity contribution is -0.161. The van der Waals surface area contributed by atoms with Gasteiger partial charge in [-0.2, -0.15) is 0 Å². The second-order valence-corrected chi connectivity index (χ2v) is 15.3. The molecular weight excluding hydrogens is 701 g/mol. The molecule has 9 nitrogen and oxygen atoms in total. The Morgan fingerprint density at radius 3 is 1.54 bits per heavy atom. The molecule has 0 aromatic rings. The normalized spacial score (nSPS) is 13.9. The fourth-order valence-corrected chi connectivity index (χ4v) is 6.27. The summed E-state index contributed by atoms with van der Waals surface area (Å²) >= 11 is 0. The minimum atomic E-state index is -4.38. The van der Waals surface area contributed by atoms with Crippen LogP contribution in [0.5, 0.6) is 0 Å². The molecule has 0 spiro atoms. The van der Waals surface area contributed by atoms with Crippen LogP contribution in [-0.4, -0.2) is 49.3 Å². The number of phosphoric acid groups is 1. The van der Waals surface area contributed by atoms with Crippen molar-refractivity contribution in [2.24, 2.45) is 5.73 Å². The first-order valence-electron chi connectivity index (χ1n) is 21.3. The van der Waals surface area contributed by atoms with Crippen LogP contribution in [-0.2, 0) is 32.7 Å². The number of unbranched alkanes of at least 4 members (excludes halogenated alkanes) is 16. The molecule has 0 aliphatic carbocycles. The molecule has 0 aromatic heterocycles. The van der Waals surface area contributed by atoms with E-state index in [9.17, 15) is 19.0 Å². The van der Waals surface area contributed by atoms with E-state index < -0.39 is 32.5 Å². The number of hydrogen-bond acceptors (Lipinski definition) is 8. The molecule has 0 amide bonds. The van der Waals surface area contributed by atoms with Gasteiger partial charge >= 0.3 is 19.8 Å². The van der Waals surface area contributed by atoms with Crippen molar-refractivity contribution in [2.75, 3.05) is 26.4 Å². The number of allylic oxidation sites excluding steroid dienone is 10. The molecule has 312 valence electrons. The molecule has 2 atom stereocenters. The molecule has 0 radical (unpaired) electrons. The zero-order chi connectivity index (χ0) is 39.6. The van der Waals surface area contributed by atoms with Crippen LogP contribution in [0, 0.1) is 0 Å². The molecule has 0 bridgehead atoms. The van der Waals surface area contributed by atoms with E-state index in [2.05, 4.69) is 74.6 Å². The van der Waals surface area contributed by atoms with Crippen molar-refractivity contribution in [3.8, 4) is 0 Å². The number of rotatable bonds is 39. The Kier molecular flexibility index (Phi) is 38.7. The van der Waals surface area contributed by atoms with Crippen LogP contribution >= 0.6 is 7.82 Å². The molecule has 0 fully saturated rings. The van der Waals surface area contributed by atoms with Gasteiger partial charge in [0.1, 0.15) is 6.61 Å². The number of ether oxygens (including phenoxy) is 2. The van der Waals surface area contributed by atoms with Crippen molar-refractivity contribution >= 4 is 19.8 Å². The zero-order valence-corrected chi connectivity index (χ0v) is 35.1. The summed E-state index contributed by atoms with van der Waals surface area (Å²) in [5.74, 6) is -0.858. The molecule has 54 heavy (non-hydrogen) atoms. The summed E-state index contributed by atoms with van der Waals surface area (Å²) in [5, 5.41) is 0. The first-order valence-corrected chi connectivity index (χ1v) is 22.8. The average molecular weight is 780 g/mol. The van der Waals surface area contributed by atoms with Crippen molar-refractivity contribution in [2.45, 2.75) is 180 Å². The van der Waals surface area contributed by atoms with Gasteiger partial charge in [-0.1, -0.05) is 145 Å². The third-order valence-electron chi connectivity index (χ3n) is 8.64. The van der Waals surface area contributed by atoms with Gasteiger partial charge in [-0.25, -0.2) is 4.57 Å². The lowest BCUT2D eigenvalue weighted by atomic mass is 10.1. The number of phosphoric ester groups is 1. The second kappa shape index (κ2) is 40.4. The van der Waals surface area contributed by atoms with Crippen LogP contribution < -0.4 is 5.73 Å². The fraction of sp³-hybridized carbons (Fsp3) is 0.727. The SMILES string of the molecule is CC/C=C\C/C=C\C/C=C\C/C=C\CCCCCCCCC(=O)OC(COC(=O)CCCCCCC/C=C\CCCCCCC)COP(=O)(O)OCCN. The predicted molar refractivity (Wildman–Crippen MR) is 224 cm³/mol. The highest BCUT2D eigenvalue weighted by Gasteiger charge is 2.26. The van der Waals surface area contributed by atoms with Crippen molar-refractivity contribution < 1.29 is 37.6 Å². The minimum absolute atomic E-state index is 0.0472. The summed E-state index contributed by atoms with van der Waals surface area (Å²) < 4.78 is 32.7. The predicted octanol–water partition coefficient (Wildman–Crippen LogP) is 12.1. The zero-order valence-electron chi connectivity index (χ0n) is 34.2. The highest BCUT2D eigenvalue weighted by atomic mass is 31.2.